The van der Waals surface area contributed by atoms with Crippen LogP contribution in [0.5, 0.6) is 5.75 Å². The monoisotopic (exact) mass is 441 g/mol. The number of piperazine rings is 1. The molecule has 1 aliphatic heterocycles. The van der Waals surface area contributed by atoms with E-state index in [1.165, 1.54) is 11.8 Å². The molecule has 7 nitrogen and oxygen atoms in total. The smallest absolute Gasteiger partial charge is 0.224 e. The van der Waals surface area contributed by atoms with Crippen LogP contribution < -0.4 is 20.3 Å². The average Bonchev–Trinajstić information content (AvgIpc) is 2.83. The summed E-state index contributed by atoms with van der Waals surface area (Å²) in [7, 11) is 1.67. The Balaban J connectivity index is 1.34. The van der Waals surface area contributed by atoms with Gasteiger partial charge in [0, 0.05) is 51.9 Å². The molecule has 1 fully saturated rings. The lowest BCUT2D eigenvalue weighted by Crippen LogP contribution is -2.49. The largest absolute Gasteiger partial charge is 0.486 e. The van der Waals surface area contributed by atoms with E-state index >= 15 is 0 Å². The zero-order valence-corrected chi connectivity index (χ0v) is 18.8. The van der Waals surface area contributed by atoms with Gasteiger partial charge in [-0.15, -0.1) is 0 Å². The average molecular weight is 442 g/mol. The number of rotatable bonds is 8. The van der Waals surface area contributed by atoms with Crippen LogP contribution in [0.4, 0.5) is 10.1 Å². The molecule has 172 valence electrons. The quantitative estimate of drug-likeness (QED) is 0.487. The number of benzene rings is 2. The molecular weight excluding hydrogens is 409 g/mol. The van der Waals surface area contributed by atoms with Gasteiger partial charge in [-0.25, -0.2) is 4.39 Å². The number of carbonyl (C=O) groups is 1. The van der Waals surface area contributed by atoms with Gasteiger partial charge in [-0.3, -0.25) is 9.79 Å². The second-order valence-electron chi connectivity index (χ2n) is 7.69. The first-order valence-corrected chi connectivity index (χ1v) is 11.0. The number of carbonyl (C=O) groups excluding carboxylic acids is 1. The third-order valence-electron chi connectivity index (χ3n) is 5.33. The molecule has 0 bridgehead atoms. The van der Waals surface area contributed by atoms with Crippen LogP contribution in [0.3, 0.4) is 0 Å². The van der Waals surface area contributed by atoms with Crippen LogP contribution >= 0.6 is 0 Å². The summed E-state index contributed by atoms with van der Waals surface area (Å²) in [6.45, 7) is 5.92. The van der Waals surface area contributed by atoms with Crippen LogP contribution in [0.2, 0.25) is 0 Å². The first kappa shape index (κ1) is 23.4. The van der Waals surface area contributed by atoms with Gasteiger partial charge in [0.05, 0.1) is 6.54 Å². The molecule has 2 aromatic rings. The Morgan fingerprint density at radius 2 is 1.75 bits per heavy atom. The normalized spacial score (nSPS) is 15.3. The number of hydrogen-bond acceptors (Lipinski definition) is 4. The molecule has 0 radical (unpaired) electrons. The van der Waals surface area contributed by atoms with Crippen molar-refractivity contribution in [3.05, 3.63) is 60.4 Å². The Hall–Kier alpha value is -3.29. The highest BCUT2D eigenvalue weighted by Gasteiger charge is 2.21. The molecular formula is C24H32FN5O2. The SMILES string of the molecule is CN=C(NCCC(=O)N1CCN(c2ccccc2)CC1)NCC(C)Oc1ccccc1F. The Kier molecular flexibility index (Phi) is 8.71. The predicted molar refractivity (Wildman–Crippen MR) is 126 cm³/mol. The Labute approximate surface area is 189 Å². The fourth-order valence-corrected chi connectivity index (χ4v) is 3.56. The number of nitrogens with one attached hydrogen (secondary N) is 2. The van der Waals surface area contributed by atoms with E-state index in [1.54, 1.807) is 25.2 Å². The molecule has 2 aromatic carbocycles. The van der Waals surface area contributed by atoms with Crippen molar-refractivity contribution in [1.29, 1.82) is 0 Å². The lowest BCUT2D eigenvalue weighted by molar-refractivity contribution is -0.131. The van der Waals surface area contributed by atoms with Gasteiger partial charge in [0.1, 0.15) is 6.10 Å². The van der Waals surface area contributed by atoms with Crippen molar-refractivity contribution in [2.75, 3.05) is 51.2 Å². The summed E-state index contributed by atoms with van der Waals surface area (Å²) in [6.07, 6.45) is 0.140. The summed E-state index contributed by atoms with van der Waals surface area (Å²) < 4.78 is 19.3. The van der Waals surface area contributed by atoms with E-state index in [0.29, 0.717) is 25.5 Å². The third kappa shape index (κ3) is 6.87. The molecule has 0 aliphatic carbocycles. The zero-order valence-electron chi connectivity index (χ0n) is 18.8. The summed E-state index contributed by atoms with van der Waals surface area (Å²) in [6, 6.07) is 16.6. The molecule has 1 amide bonds. The standard InChI is InChI=1S/C24H32FN5O2/c1-19(32-22-11-7-6-10-21(22)25)18-28-24(26-2)27-13-12-23(31)30-16-14-29(15-17-30)20-8-4-3-5-9-20/h3-11,19H,12-18H2,1-2H3,(H2,26,27,28). The van der Waals surface area contributed by atoms with E-state index in [4.69, 9.17) is 4.74 Å². The van der Waals surface area contributed by atoms with Crippen molar-refractivity contribution >= 4 is 17.6 Å². The fraction of sp³-hybridized carbons (Fsp3) is 0.417. The number of hydrogen-bond donors (Lipinski definition) is 2. The van der Waals surface area contributed by atoms with Crippen molar-refractivity contribution in [1.82, 2.24) is 15.5 Å². The Morgan fingerprint density at radius 3 is 2.44 bits per heavy atom. The molecule has 2 N–H and O–H groups in total. The molecule has 1 saturated heterocycles. The van der Waals surface area contributed by atoms with E-state index in [0.717, 1.165) is 26.2 Å². The first-order valence-electron chi connectivity index (χ1n) is 11.0. The number of halogens is 1. The van der Waals surface area contributed by atoms with E-state index in [9.17, 15) is 9.18 Å². The third-order valence-corrected chi connectivity index (χ3v) is 5.33. The van der Waals surface area contributed by atoms with Gasteiger partial charge in [-0.05, 0) is 31.2 Å². The molecule has 0 aromatic heterocycles. The Bertz CT molecular complexity index is 885. The van der Waals surface area contributed by atoms with Crippen molar-refractivity contribution in [2.45, 2.75) is 19.4 Å². The van der Waals surface area contributed by atoms with Crippen molar-refractivity contribution in [3.63, 3.8) is 0 Å². The van der Waals surface area contributed by atoms with E-state index in [2.05, 4.69) is 32.7 Å². The highest BCUT2D eigenvalue weighted by Crippen LogP contribution is 2.17. The molecule has 0 saturated carbocycles. The van der Waals surface area contributed by atoms with Crippen LogP contribution in [0.15, 0.2) is 59.6 Å². The number of aliphatic imine (C=N–C) groups is 1. The summed E-state index contributed by atoms with van der Waals surface area (Å²) in [5, 5.41) is 6.30. The van der Waals surface area contributed by atoms with Gasteiger partial charge in [0.2, 0.25) is 5.91 Å². The fourth-order valence-electron chi connectivity index (χ4n) is 3.56. The van der Waals surface area contributed by atoms with Gasteiger partial charge in [-0.1, -0.05) is 30.3 Å². The number of nitrogens with zero attached hydrogens (tertiary/aromatic N) is 3. The maximum absolute atomic E-state index is 13.7. The van der Waals surface area contributed by atoms with E-state index in [1.807, 2.05) is 30.0 Å². The van der Waals surface area contributed by atoms with E-state index in [-0.39, 0.29) is 23.6 Å². The minimum atomic E-state index is -0.384. The molecule has 1 aliphatic rings. The van der Waals surface area contributed by atoms with E-state index < -0.39 is 0 Å². The van der Waals surface area contributed by atoms with Crippen LogP contribution in [0, 0.1) is 5.82 Å². The van der Waals surface area contributed by atoms with Crippen LogP contribution in [0.1, 0.15) is 13.3 Å². The number of ether oxygens (including phenoxy) is 1. The number of amides is 1. The maximum Gasteiger partial charge on any atom is 0.224 e. The highest BCUT2D eigenvalue weighted by molar-refractivity contribution is 5.81. The highest BCUT2D eigenvalue weighted by atomic mass is 19.1. The van der Waals surface area contributed by atoms with Gasteiger partial charge in [0.25, 0.3) is 0 Å². The summed E-state index contributed by atoms with van der Waals surface area (Å²) in [5.74, 6) is 0.556. The topological polar surface area (TPSA) is 69.2 Å². The predicted octanol–water partition coefficient (Wildman–Crippen LogP) is 2.50. The van der Waals surface area contributed by atoms with Crippen molar-refractivity contribution in [2.24, 2.45) is 4.99 Å². The molecule has 1 unspecified atom stereocenters. The Morgan fingerprint density at radius 1 is 1.06 bits per heavy atom. The second kappa shape index (κ2) is 11.9. The molecule has 8 heteroatoms. The number of guanidine groups is 1. The molecule has 32 heavy (non-hydrogen) atoms. The number of anilines is 1. The summed E-state index contributed by atoms with van der Waals surface area (Å²) in [5.41, 5.74) is 1.20. The minimum absolute atomic E-state index is 0.136. The van der Waals surface area contributed by atoms with Gasteiger partial charge in [0.15, 0.2) is 17.5 Å². The first-order chi connectivity index (χ1) is 15.6. The van der Waals surface area contributed by atoms with Crippen LogP contribution in [0.25, 0.3) is 0 Å². The minimum Gasteiger partial charge on any atom is -0.486 e. The molecule has 0 spiro atoms. The van der Waals surface area contributed by atoms with Gasteiger partial charge in [-0.2, -0.15) is 0 Å². The van der Waals surface area contributed by atoms with Crippen molar-refractivity contribution < 1.29 is 13.9 Å². The summed E-state index contributed by atoms with van der Waals surface area (Å²) in [4.78, 5) is 21.0. The lowest BCUT2D eigenvalue weighted by Gasteiger charge is -2.36. The van der Waals surface area contributed by atoms with Crippen LogP contribution in [-0.2, 0) is 4.79 Å². The molecule has 1 atom stereocenters. The summed E-state index contributed by atoms with van der Waals surface area (Å²) >= 11 is 0. The number of para-hydroxylation sites is 2. The van der Waals surface area contributed by atoms with Gasteiger partial charge >= 0.3 is 0 Å². The van der Waals surface area contributed by atoms with Crippen molar-refractivity contribution in [3.8, 4) is 5.75 Å². The van der Waals surface area contributed by atoms with Crippen LogP contribution in [-0.4, -0.2) is 69.2 Å². The van der Waals surface area contributed by atoms with Gasteiger partial charge < -0.3 is 25.2 Å². The lowest BCUT2D eigenvalue weighted by atomic mass is 10.2. The second-order valence-corrected chi connectivity index (χ2v) is 7.69. The molecule has 1 heterocycles. The molecule has 3 rings (SSSR count). The zero-order chi connectivity index (χ0) is 22.8. The maximum atomic E-state index is 13.7.